The predicted molar refractivity (Wildman–Crippen MR) is 82.1 cm³/mol. The molecule has 0 aliphatic rings. The maximum atomic E-state index is 4.77. The number of rotatable bonds is 5. The van der Waals surface area contributed by atoms with E-state index in [1.807, 2.05) is 10.8 Å². The van der Waals surface area contributed by atoms with E-state index in [0.717, 1.165) is 31.0 Å². The molecule has 0 aliphatic carbocycles. The molecule has 1 N–H and O–H groups in total. The van der Waals surface area contributed by atoms with Crippen molar-refractivity contribution in [3.63, 3.8) is 0 Å². The summed E-state index contributed by atoms with van der Waals surface area (Å²) in [5.74, 6) is 0.934. The van der Waals surface area contributed by atoms with Crippen molar-refractivity contribution < 1.29 is 0 Å². The number of imidazole rings is 1. The molecule has 0 amide bonds. The molecule has 0 unspecified atom stereocenters. The highest BCUT2D eigenvalue weighted by Gasteiger charge is 2.17. The van der Waals surface area contributed by atoms with Crippen molar-refractivity contribution >= 4 is 0 Å². The van der Waals surface area contributed by atoms with E-state index in [4.69, 9.17) is 4.98 Å². The van der Waals surface area contributed by atoms with Gasteiger partial charge in [-0.25, -0.2) is 9.97 Å². The van der Waals surface area contributed by atoms with Crippen LogP contribution in [0.1, 0.15) is 45.4 Å². The van der Waals surface area contributed by atoms with Crippen LogP contribution in [0.2, 0.25) is 0 Å². The summed E-state index contributed by atoms with van der Waals surface area (Å²) in [6.07, 6.45) is 6.64. The largest absolute Gasteiger partial charge is 0.313 e. The number of hydrogen-bond acceptors (Lipinski definition) is 3. The summed E-state index contributed by atoms with van der Waals surface area (Å²) < 4.78 is 1.96. The third-order valence-corrected chi connectivity index (χ3v) is 3.16. The van der Waals surface area contributed by atoms with Gasteiger partial charge < -0.3 is 5.32 Å². The highest BCUT2D eigenvalue weighted by Crippen LogP contribution is 2.23. The van der Waals surface area contributed by atoms with Crippen LogP contribution < -0.4 is 5.32 Å². The van der Waals surface area contributed by atoms with Gasteiger partial charge in [0, 0.05) is 30.0 Å². The molecule has 2 aromatic rings. The predicted octanol–water partition coefficient (Wildman–Crippen LogP) is 3.06. The van der Waals surface area contributed by atoms with Crippen molar-refractivity contribution in [3.05, 3.63) is 42.1 Å². The Morgan fingerprint density at radius 3 is 2.65 bits per heavy atom. The van der Waals surface area contributed by atoms with Crippen LogP contribution in [0, 0.1) is 0 Å². The van der Waals surface area contributed by atoms with Crippen molar-refractivity contribution in [1.82, 2.24) is 19.9 Å². The highest BCUT2D eigenvalue weighted by atomic mass is 15.1. The Bertz CT molecular complexity index is 538. The molecule has 0 aliphatic heterocycles. The summed E-state index contributed by atoms with van der Waals surface area (Å²) in [7, 11) is 0. The van der Waals surface area contributed by atoms with Gasteiger partial charge >= 0.3 is 0 Å². The van der Waals surface area contributed by atoms with Gasteiger partial charge in [0.05, 0.1) is 0 Å². The van der Waals surface area contributed by atoms with Gasteiger partial charge in [-0.05, 0) is 30.7 Å². The zero-order valence-corrected chi connectivity index (χ0v) is 12.8. The minimum Gasteiger partial charge on any atom is -0.313 e. The van der Waals surface area contributed by atoms with E-state index in [-0.39, 0.29) is 5.41 Å². The second kappa shape index (κ2) is 6.18. The third-order valence-electron chi connectivity index (χ3n) is 3.16. The fourth-order valence-corrected chi connectivity index (χ4v) is 1.99. The van der Waals surface area contributed by atoms with Gasteiger partial charge in [0.25, 0.3) is 0 Å². The first-order chi connectivity index (χ1) is 9.50. The van der Waals surface area contributed by atoms with Crippen LogP contribution in [0.4, 0.5) is 0 Å². The minimum atomic E-state index is 0.0378. The van der Waals surface area contributed by atoms with E-state index in [1.165, 1.54) is 5.56 Å². The lowest BCUT2D eigenvalue weighted by Gasteiger charge is -2.20. The minimum absolute atomic E-state index is 0.0378. The Morgan fingerprint density at radius 2 is 2.05 bits per heavy atom. The zero-order valence-electron chi connectivity index (χ0n) is 12.8. The SMILES string of the molecule is CCCNCc1cc(-n2ccnc2)nc(C(C)(C)C)c1. The summed E-state index contributed by atoms with van der Waals surface area (Å²) >= 11 is 0. The Morgan fingerprint density at radius 1 is 1.25 bits per heavy atom. The summed E-state index contributed by atoms with van der Waals surface area (Å²) in [6, 6.07) is 4.32. The van der Waals surface area contributed by atoms with Crippen LogP contribution >= 0.6 is 0 Å². The van der Waals surface area contributed by atoms with Gasteiger partial charge in [0.1, 0.15) is 12.1 Å². The molecule has 0 aromatic carbocycles. The molecule has 2 rings (SSSR count). The molecule has 2 heterocycles. The quantitative estimate of drug-likeness (QED) is 0.851. The van der Waals surface area contributed by atoms with Crippen LogP contribution in [-0.2, 0) is 12.0 Å². The van der Waals surface area contributed by atoms with Gasteiger partial charge in [0.2, 0.25) is 0 Å². The van der Waals surface area contributed by atoms with Gasteiger partial charge in [0.15, 0.2) is 0 Å². The summed E-state index contributed by atoms with van der Waals surface area (Å²) in [5, 5.41) is 3.45. The molecule has 4 nitrogen and oxygen atoms in total. The second-order valence-corrected chi connectivity index (χ2v) is 6.12. The lowest BCUT2D eigenvalue weighted by Crippen LogP contribution is -2.18. The third kappa shape index (κ3) is 3.67. The smallest absolute Gasteiger partial charge is 0.138 e. The number of nitrogens with zero attached hydrogens (tertiary/aromatic N) is 3. The lowest BCUT2D eigenvalue weighted by molar-refractivity contribution is 0.564. The average molecular weight is 272 g/mol. The number of pyridine rings is 1. The molecule has 20 heavy (non-hydrogen) atoms. The van der Waals surface area contributed by atoms with Gasteiger partial charge in [-0.15, -0.1) is 0 Å². The molecule has 0 bridgehead atoms. The molecule has 2 aromatic heterocycles. The molecule has 0 fully saturated rings. The molecular formula is C16H24N4. The first-order valence-corrected chi connectivity index (χ1v) is 7.21. The maximum absolute atomic E-state index is 4.77. The van der Waals surface area contributed by atoms with Crippen LogP contribution in [0.5, 0.6) is 0 Å². The normalized spacial score (nSPS) is 11.8. The van der Waals surface area contributed by atoms with Gasteiger partial charge in [-0.3, -0.25) is 4.57 Å². The van der Waals surface area contributed by atoms with Crippen LogP contribution in [0.25, 0.3) is 5.82 Å². The molecule has 0 radical (unpaired) electrons. The van der Waals surface area contributed by atoms with E-state index in [0.29, 0.717) is 0 Å². The van der Waals surface area contributed by atoms with Crippen molar-refractivity contribution in [2.75, 3.05) is 6.54 Å². The summed E-state index contributed by atoms with van der Waals surface area (Å²) in [5.41, 5.74) is 2.41. The van der Waals surface area contributed by atoms with Crippen molar-refractivity contribution in [3.8, 4) is 5.82 Å². The van der Waals surface area contributed by atoms with E-state index >= 15 is 0 Å². The monoisotopic (exact) mass is 272 g/mol. The van der Waals surface area contributed by atoms with E-state index in [9.17, 15) is 0 Å². The second-order valence-electron chi connectivity index (χ2n) is 6.12. The number of nitrogens with one attached hydrogen (secondary N) is 1. The molecule has 4 heteroatoms. The molecule has 0 spiro atoms. The van der Waals surface area contributed by atoms with E-state index in [2.05, 4.69) is 50.1 Å². The topological polar surface area (TPSA) is 42.7 Å². The first kappa shape index (κ1) is 14.7. The number of hydrogen-bond donors (Lipinski definition) is 1. The Balaban J connectivity index is 2.34. The van der Waals surface area contributed by atoms with Crippen LogP contribution in [0.15, 0.2) is 30.9 Å². The summed E-state index contributed by atoms with van der Waals surface area (Å²) in [4.78, 5) is 8.87. The molecule has 0 saturated heterocycles. The fourth-order valence-electron chi connectivity index (χ4n) is 1.99. The Kier molecular flexibility index (Phi) is 4.55. The number of aromatic nitrogens is 3. The molecule has 0 saturated carbocycles. The lowest BCUT2D eigenvalue weighted by atomic mass is 9.90. The van der Waals surface area contributed by atoms with E-state index in [1.54, 1.807) is 12.5 Å². The average Bonchev–Trinajstić information content (AvgIpc) is 2.91. The van der Waals surface area contributed by atoms with Crippen molar-refractivity contribution in [2.24, 2.45) is 0 Å². The summed E-state index contributed by atoms with van der Waals surface area (Å²) in [6.45, 7) is 10.7. The molecule has 0 atom stereocenters. The fraction of sp³-hybridized carbons (Fsp3) is 0.500. The Labute approximate surface area is 121 Å². The molecule has 108 valence electrons. The van der Waals surface area contributed by atoms with Crippen molar-refractivity contribution in [1.29, 1.82) is 0 Å². The highest BCUT2D eigenvalue weighted by molar-refractivity contribution is 5.33. The van der Waals surface area contributed by atoms with Gasteiger partial charge in [-0.2, -0.15) is 0 Å². The zero-order chi connectivity index (χ0) is 14.6. The van der Waals surface area contributed by atoms with E-state index < -0.39 is 0 Å². The van der Waals surface area contributed by atoms with Crippen LogP contribution in [-0.4, -0.2) is 21.1 Å². The van der Waals surface area contributed by atoms with Crippen LogP contribution in [0.3, 0.4) is 0 Å². The van der Waals surface area contributed by atoms with Gasteiger partial charge in [-0.1, -0.05) is 27.7 Å². The van der Waals surface area contributed by atoms with Crippen molar-refractivity contribution in [2.45, 2.75) is 46.1 Å². The standard InChI is InChI=1S/C16H24N4/c1-5-6-17-11-13-9-14(16(2,3)4)19-15(10-13)20-8-7-18-12-20/h7-10,12,17H,5-6,11H2,1-4H3. The molecular weight excluding hydrogens is 248 g/mol. The Hall–Kier alpha value is -1.68. The first-order valence-electron chi connectivity index (χ1n) is 7.21. The maximum Gasteiger partial charge on any atom is 0.138 e.